The first-order valence-electron chi connectivity index (χ1n) is 11.8. The van der Waals surface area contributed by atoms with Crippen LogP contribution in [0.1, 0.15) is 39.1 Å². The molecule has 3 heterocycles. The Balaban J connectivity index is 1.23. The lowest BCUT2D eigenvalue weighted by Gasteiger charge is -2.32. The third kappa shape index (κ3) is 5.16. The normalized spacial score (nSPS) is 14.1. The van der Waals surface area contributed by atoms with Crippen molar-refractivity contribution in [2.45, 2.75) is 25.4 Å². The number of likely N-dealkylation sites (tertiary alicyclic amines) is 1. The summed E-state index contributed by atoms with van der Waals surface area (Å²) < 4.78 is 3.50. The van der Waals surface area contributed by atoms with E-state index in [1.165, 1.54) is 0 Å². The van der Waals surface area contributed by atoms with Gasteiger partial charge >= 0.3 is 0 Å². The Morgan fingerprint density at radius 2 is 1.77 bits per heavy atom. The van der Waals surface area contributed by atoms with Gasteiger partial charge in [-0.05, 0) is 41.7 Å². The Morgan fingerprint density at radius 3 is 2.46 bits per heavy atom. The molecule has 0 saturated carbocycles. The zero-order chi connectivity index (χ0) is 24.2. The van der Waals surface area contributed by atoms with Crippen molar-refractivity contribution in [2.75, 3.05) is 13.1 Å². The van der Waals surface area contributed by atoms with E-state index in [9.17, 15) is 9.59 Å². The number of benzene rings is 2. The van der Waals surface area contributed by atoms with Gasteiger partial charge in [0, 0.05) is 50.3 Å². The Hall–Kier alpha value is -4.20. The van der Waals surface area contributed by atoms with Gasteiger partial charge in [0.05, 0.1) is 18.3 Å². The fraction of sp³-hybridized carbons (Fsp3) is 0.259. The number of rotatable bonds is 6. The van der Waals surface area contributed by atoms with Gasteiger partial charge in [0.25, 0.3) is 11.8 Å². The lowest BCUT2D eigenvalue weighted by Crippen LogP contribution is -2.46. The van der Waals surface area contributed by atoms with Gasteiger partial charge in [-0.3, -0.25) is 19.0 Å². The van der Waals surface area contributed by atoms with Crippen LogP contribution in [0.15, 0.2) is 79.4 Å². The van der Waals surface area contributed by atoms with Gasteiger partial charge < -0.3 is 10.2 Å². The number of aromatic nitrogens is 4. The Morgan fingerprint density at radius 1 is 1.00 bits per heavy atom. The molecule has 0 bridgehead atoms. The van der Waals surface area contributed by atoms with Crippen LogP contribution in [0.2, 0.25) is 0 Å². The number of aryl methyl sites for hydroxylation is 1. The standard InChI is InChI=1S/C27H28N6O2/c1-31-19-22(17-29-31)26(34)30-23-11-15-32(16-12-23)27(35)25-6-3-2-5-24(25)21-9-7-20(8-10-21)18-33-14-4-13-28-33/h2-10,13-14,17,19,23H,11-12,15-16,18H2,1H3,(H,30,34). The summed E-state index contributed by atoms with van der Waals surface area (Å²) in [6.07, 6.45) is 8.43. The summed E-state index contributed by atoms with van der Waals surface area (Å²) in [5, 5.41) is 11.4. The monoisotopic (exact) mass is 468 g/mol. The minimum absolute atomic E-state index is 0.0262. The molecule has 0 aliphatic carbocycles. The van der Waals surface area contributed by atoms with E-state index in [0.717, 1.165) is 29.5 Å². The van der Waals surface area contributed by atoms with Crippen LogP contribution in [0.5, 0.6) is 0 Å². The van der Waals surface area contributed by atoms with Crippen LogP contribution in [-0.2, 0) is 13.6 Å². The summed E-state index contributed by atoms with van der Waals surface area (Å²) in [6.45, 7) is 1.92. The summed E-state index contributed by atoms with van der Waals surface area (Å²) in [6, 6.07) is 18.0. The zero-order valence-corrected chi connectivity index (χ0v) is 19.7. The van der Waals surface area contributed by atoms with Gasteiger partial charge in [-0.15, -0.1) is 0 Å². The molecule has 35 heavy (non-hydrogen) atoms. The molecule has 8 nitrogen and oxygen atoms in total. The van der Waals surface area contributed by atoms with Crippen LogP contribution in [0.4, 0.5) is 0 Å². The minimum Gasteiger partial charge on any atom is -0.349 e. The molecule has 0 unspecified atom stereocenters. The predicted octanol–water partition coefficient (Wildman–Crippen LogP) is 3.37. The van der Waals surface area contributed by atoms with Crippen LogP contribution in [0.3, 0.4) is 0 Å². The molecule has 1 saturated heterocycles. The van der Waals surface area contributed by atoms with E-state index in [1.54, 1.807) is 30.3 Å². The molecule has 2 aromatic heterocycles. The van der Waals surface area contributed by atoms with Crippen molar-refractivity contribution in [3.8, 4) is 11.1 Å². The fourth-order valence-electron chi connectivity index (χ4n) is 4.50. The van der Waals surface area contributed by atoms with E-state index in [0.29, 0.717) is 30.8 Å². The largest absolute Gasteiger partial charge is 0.349 e. The maximum atomic E-state index is 13.4. The highest BCUT2D eigenvalue weighted by atomic mass is 16.2. The van der Waals surface area contributed by atoms with Crippen molar-refractivity contribution in [1.29, 1.82) is 0 Å². The average molecular weight is 469 g/mol. The van der Waals surface area contributed by atoms with Crippen molar-refractivity contribution in [3.05, 3.63) is 96.1 Å². The van der Waals surface area contributed by atoms with Gasteiger partial charge in [-0.2, -0.15) is 10.2 Å². The molecule has 1 aliphatic heterocycles. The van der Waals surface area contributed by atoms with Gasteiger partial charge in [-0.1, -0.05) is 42.5 Å². The smallest absolute Gasteiger partial charge is 0.254 e. The molecule has 178 valence electrons. The maximum absolute atomic E-state index is 13.4. The van der Waals surface area contributed by atoms with Crippen molar-refractivity contribution in [3.63, 3.8) is 0 Å². The number of nitrogens with zero attached hydrogens (tertiary/aromatic N) is 5. The number of carbonyl (C=O) groups is 2. The van der Waals surface area contributed by atoms with Crippen LogP contribution < -0.4 is 5.32 Å². The van der Waals surface area contributed by atoms with E-state index in [1.807, 2.05) is 46.1 Å². The van der Waals surface area contributed by atoms with Crippen LogP contribution >= 0.6 is 0 Å². The lowest BCUT2D eigenvalue weighted by atomic mass is 9.96. The molecule has 1 N–H and O–H groups in total. The van der Waals surface area contributed by atoms with Crippen molar-refractivity contribution in [1.82, 2.24) is 29.8 Å². The van der Waals surface area contributed by atoms with Crippen LogP contribution in [0, 0.1) is 0 Å². The van der Waals surface area contributed by atoms with Gasteiger partial charge in [-0.25, -0.2) is 0 Å². The molecule has 0 atom stereocenters. The second-order valence-corrected chi connectivity index (χ2v) is 8.89. The maximum Gasteiger partial charge on any atom is 0.254 e. The lowest BCUT2D eigenvalue weighted by molar-refractivity contribution is 0.0699. The van der Waals surface area contributed by atoms with E-state index >= 15 is 0 Å². The summed E-state index contributed by atoms with van der Waals surface area (Å²) in [7, 11) is 1.79. The average Bonchev–Trinajstić information content (AvgIpc) is 3.56. The number of hydrogen-bond acceptors (Lipinski definition) is 4. The molecule has 1 fully saturated rings. The quantitative estimate of drug-likeness (QED) is 0.470. The van der Waals surface area contributed by atoms with E-state index in [4.69, 9.17) is 0 Å². The SMILES string of the molecule is Cn1cc(C(=O)NC2CCN(C(=O)c3ccccc3-c3ccc(Cn4cccn4)cc3)CC2)cn1. The second-order valence-electron chi connectivity index (χ2n) is 8.89. The summed E-state index contributed by atoms with van der Waals surface area (Å²) in [5.74, 6) is -0.0949. The Kier molecular flexibility index (Phi) is 6.43. The summed E-state index contributed by atoms with van der Waals surface area (Å²) >= 11 is 0. The first-order valence-corrected chi connectivity index (χ1v) is 11.8. The number of nitrogens with one attached hydrogen (secondary N) is 1. The highest BCUT2D eigenvalue weighted by molar-refractivity contribution is 6.01. The van der Waals surface area contributed by atoms with Gasteiger partial charge in [0.2, 0.25) is 0 Å². The third-order valence-electron chi connectivity index (χ3n) is 6.41. The van der Waals surface area contributed by atoms with Gasteiger partial charge in [0.1, 0.15) is 0 Å². The molecule has 2 amide bonds. The molecule has 8 heteroatoms. The molecule has 4 aromatic rings. The third-order valence-corrected chi connectivity index (χ3v) is 6.41. The van der Waals surface area contributed by atoms with E-state index in [2.05, 4.69) is 39.8 Å². The van der Waals surface area contributed by atoms with E-state index in [-0.39, 0.29) is 17.9 Å². The molecule has 2 aromatic carbocycles. The number of amides is 2. The fourth-order valence-corrected chi connectivity index (χ4v) is 4.50. The molecular weight excluding hydrogens is 440 g/mol. The molecular formula is C27H28N6O2. The first kappa shape index (κ1) is 22.6. The molecule has 0 radical (unpaired) electrons. The van der Waals surface area contributed by atoms with Gasteiger partial charge in [0.15, 0.2) is 0 Å². The summed E-state index contributed by atoms with van der Waals surface area (Å²) in [5.41, 5.74) is 4.34. The first-order chi connectivity index (χ1) is 17.1. The Bertz CT molecular complexity index is 1300. The second kappa shape index (κ2) is 9.97. The number of hydrogen-bond donors (Lipinski definition) is 1. The van der Waals surface area contributed by atoms with Crippen LogP contribution in [-0.4, -0.2) is 55.4 Å². The van der Waals surface area contributed by atoms with Crippen molar-refractivity contribution in [2.24, 2.45) is 7.05 Å². The molecule has 1 aliphatic rings. The predicted molar refractivity (Wildman–Crippen MR) is 133 cm³/mol. The molecule has 0 spiro atoms. The number of piperidine rings is 1. The van der Waals surface area contributed by atoms with Crippen molar-refractivity contribution < 1.29 is 9.59 Å². The van der Waals surface area contributed by atoms with Crippen LogP contribution in [0.25, 0.3) is 11.1 Å². The van der Waals surface area contributed by atoms with E-state index < -0.39 is 0 Å². The zero-order valence-electron chi connectivity index (χ0n) is 19.7. The highest BCUT2D eigenvalue weighted by Crippen LogP contribution is 2.26. The Labute approximate surface area is 204 Å². The number of carbonyl (C=O) groups excluding carboxylic acids is 2. The molecule has 5 rings (SSSR count). The summed E-state index contributed by atoms with van der Waals surface area (Å²) in [4.78, 5) is 27.8. The highest BCUT2D eigenvalue weighted by Gasteiger charge is 2.26. The van der Waals surface area contributed by atoms with Crippen molar-refractivity contribution >= 4 is 11.8 Å². The topological polar surface area (TPSA) is 85.0 Å². The minimum atomic E-state index is -0.121.